The van der Waals surface area contributed by atoms with Gasteiger partial charge >= 0.3 is 0 Å². The molecule has 0 spiro atoms. The minimum atomic E-state index is -0.0747. The molecule has 0 unspecified atom stereocenters. The molecule has 1 aliphatic rings. The molecular weight excluding hydrogens is 408 g/mol. The summed E-state index contributed by atoms with van der Waals surface area (Å²) in [6.45, 7) is 3.46. The lowest BCUT2D eigenvalue weighted by Crippen LogP contribution is -2.32. The highest BCUT2D eigenvalue weighted by Gasteiger charge is 2.33. The van der Waals surface area contributed by atoms with Crippen LogP contribution in [-0.4, -0.2) is 42.8 Å². The molecule has 0 aliphatic carbocycles. The number of hydrogen-bond acceptors (Lipinski definition) is 5. The van der Waals surface area contributed by atoms with Crippen molar-refractivity contribution in [3.63, 3.8) is 0 Å². The highest BCUT2D eigenvalue weighted by molar-refractivity contribution is 8.18. The molecule has 158 valence electrons. The molecule has 0 radical (unpaired) electrons. The molecule has 0 atom stereocenters. The molecule has 0 aromatic heterocycles. The van der Waals surface area contributed by atoms with Gasteiger partial charge in [0.1, 0.15) is 5.75 Å². The van der Waals surface area contributed by atoms with E-state index in [1.807, 2.05) is 73.7 Å². The van der Waals surface area contributed by atoms with Crippen molar-refractivity contribution < 1.29 is 14.3 Å². The Kier molecular flexibility index (Phi) is 6.70. The highest BCUT2D eigenvalue weighted by atomic mass is 32.2. The van der Waals surface area contributed by atoms with Crippen molar-refractivity contribution >= 4 is 45.4 Å². The number of carbonyl (C=O) groups is 1. The number of thioether (sulfide) groups is 1. The van der Waals surface area contributed by atoms with E-state index < -0.39 is 0 Å². The number of methoxy groups -OCH3 is 1. The molecule has 31 heavy (non-hydrogen) atoms. The minimum absolute atomic E-state index is 0.0747. The summed E-state index contributed by atoms with van der Waals surface area (Å²) < 4.78 is 11.1. The largest absolute Gasteiger partial charge is 0.496 e. The van der Waals surface area contributed by atoms with Gasteiger partial charge in [0.25, 0.3) is 5.91 Å². The van der Waals surface area contributed by atoms with Gasteiger partial charge in [-0.25, -0.2) is 4.99 Å². The number of carbonyl (C=O) groups excluding carboxylic acids is 1. The Bertz CT molecular complexity index is 1140. The summed E-state index contributed by atoms with van der Waals surface area (Å²) in [6.07, 6.45) is 1.91. The zero-order chi connectivity index (χ0) is 21.6. The second kappa shape index (κ2) is 9.81. The van der Waals surface area contributed by atoms with Crippen molar-refractivity contribution in [2.75, 3.05) is 26.9 Å². The van der Waals surface area contributed by atoms with Crippen LogP contribution in [0.4, 0.5) is 5.69 Å². The number of fused-ring (bicyclic) bond motifs is 1. The van der Waals surface area contributed by atoms with Gasteiger partial charge in [-0.2, -0.15) is 0 Å². The van der Waals surface area contributed by atoms with Crippen LogP contribution in [0, 0.1) is 0 Å². The number of hydrogen-bond donors (Lipinski definition) is 0. The number of benzene rings is 3. The predicted molar refractivity (Wildman–Crippen MR) is 128 cm³/mol. The maximum absolute atomic E-state index is 13.3. The number of para-hydroxylation sites is 1. The highest BCUT2D eigenvalue weighted by Crippen LogP contribution is 2.37. The number of ether oxygens (including phenoxy) is 2. The molecular formula is C25H24N2O3S. The third kappa shape index (κ3) is 4.65. The van der Waals surface area contributed by atoms with Gasteiger partial charge in [0.15, 0.2) is 5.17 Å². The quantitative estimate of drug-likeness (QED) is 0.366. The van der Waals surface area contributed by atoms with E-state index in [0.29, 0.717) is 29.8 Å². The fraction of sp³-hybridized carbons (Fsp3) is 0.200. The third-order valence-electron chi connectivity index (χ3n) is 4.96. The molecule has 0 N–H and O–H groups in total. The summed E-state index contributed by atoms with van der Waals surface area (Å²) in [5.74, 6) is 0.656. The van der Waals surface area contributed by atoms with Crippen LogP contribution in [0.15, 0.2) is 76.6 Å². The first kappa shape index (κ1) is 21.2. The smallest absolute Gasteiger partial charge is 0.266 e. The van der Waals surface area contributed by atoms with E-state index in [0.717, 1.165) is 27.8 Å². The van der Waals surface area contributed by atoms with Gasteiger partial charge in [0, 0.05) is 12.2 Å². The van der Waals surface area contributed by atoms with Crippen molar-refractivity contribution in [2.45, 2.75) is 6.92 Å². The Labute approximate surface area is 186 Å². The molecule has 1 heterocycles. The van der Waals surface area contributed by atoms with E-state index >= 15 is 0 Å². The average Bonchev–Trinajstić information content (AvgIpc) is 3.09. The van der Waals surface area contributed by atoms with E-state index in [-0.39, 0.29) is 5.91 Å². The molecule has 3 aromatic rings. The number of nitrogens with zero attached hydrogens (tertiary/aromatic N) is 2. The van der Waals surface area contributed by atoms with Crippen molar-refractivity contribution in [2.24, 2.45) is 4.99 Å². The van der Waals surface area contributed by atoms with Gasteiger partial charge < -0.3 is 9.47 Å². The number of rotatable bonds is 7. The summed E-state index contributed by atoms with van der Waals surface area (Å²) >= 11 is 1.38. The van der Waals surface area contributed by atoms with Crippen molar-refractivity contribution in [3.05, 3.63) is 77.2 Å². The number of amides is 1. The zero-order valence-electron chi connectivity index (χ0n) is 17.6. The Morgan fingerprint density at radius 3 is 2.58 bits per heavy atom. The molecule has 3 aromatic carbocycles. The van der Waals surface area contributed by atoms with E-state index in [9.17, 15) is 4.79 Å². The molecule has 1 fully saturated rings. The normalized spacial score (nSPS) is 16.6. The first-order chi connectivity index (χ1) is 15.2. The van der Waals surface area contributed by atoms with E-state index in [1.54, 1.807) is 12.0 Å². The summed E-state index contributed by atoms with van der Waals surface area (Å²) in [7, 11) is 1.65. The van der Waals surface area contributed by atoms with Gasteiger partial charge in [0.05, 0.1) is 30.9 Å². The lowest BCUT2D eigenvalue weighted by Gasteiger charge is -2.15. The number of amidine groups is 1. The molecule has 1 aliphatic heterocycles. The maximum Gasteiger partial charge on any atom is 0.266 e. The van der Waals surface area contributed by atoms with Crippen molar-refractivity contribution in [1.29, 1.82) is 0 Å². The van der Waals surface area contributed by atoms with Crippen molar-refractivity contribution in [3.8, 4) is 5.75 Å². The lowest BCUT2D eigenvalue weighted by molar-refractivity contribution is -0.122. The van der Waals surface area contributed by atoms with Crippen LogP contribution >= 0.6 is 11.8 Å². The summed E-state index contributed by atoms with van der Waals surface area (Å²) in [4.78, 5) is 20.3. The molecule has 0 saturated carbocycles. The molecule has 1 amide bonds. The fourth-order valence-electron chi connectivity index (χ4n) is 3.44. The number of aliphatic imine (C=N–C) groups is 1. The minimum Gasteiger partial charge on any atom is -0.496 e. The van der Waals surface area contributed by atoms with E-state index in [1.165, 1.54) is 11.8 Å². The van der Waals surface area contributed by atoms with E-state index in [4.69, 9.17) is 14.5 Å². The Morgan fingerprint density at radius 2 is 1.81 bits per heavy atom. The van der Waals surface area contributed by atoms with E-state index in [2.05, 4.69) is 6.07 Å². The van der Waals surface area contributed by atoms with Crippen LogP contribution in [0.3, 0.4) is 0 Å². The maximum atomic E-state index is 13.3. The third-order valence-corrected chi connectivity index (χ3v) is 5.97. The molecule has 6 heteroatoms. The van der Waals surface area contributed by atoms with Crippen LogP contribution < -0.4 is 4.74 Å². The fourth-order valence-corrected chi connectivity index (χ4v) is 4.44. The second-order valence-electron chi connectivity index (χ2n) is 6.90. The molecule has 4 rings (SSSR count). The summed E-state index contributed by atoms with van der Waals surface area (Å²) in [6, 6.07) is 21.7. The molecule has 1 saturated heterocycles. The Hall–Kier alpha value is -3.09. The second-order valence-corrected chi connectivity index (χ2v) is 7.91. The first-order valence-corrected chi connectivity index (χ1v) is 11.0. The van der Waals surface area contributed by atoms with Gasteiger partial charge in [-0.3, -0.25) is 9.69 Å². The Morgan fingerprint density at radius 1 is 1.03 bits per heavy atom. The standard InChI is InChI=1S/C25H24N2O3S/c1-3-30-16-15-27-24(28)23(31-25(27)26-19-10-5-4-6-11-19)17-21-20-12-8-7-9-18(20)13-14-22(21)29-2/h4-14,17H,3,15-16H2,1-2H3/b23-17+,26-25?. The first-order valence-electron chi connectivity index (χ1n) is 10.2. The van der Waals surface area contributed by atoms with Gasteiger partial charge in [0.2, 0.25) is 0 Å². The van der Waals surface area contributed by atoms with Gasteiger partial charge in [-0.05, 0) is 53.7 Å². The van der Waals surface area contributed by atoms with Crippen LogP contribution in [0.2, 0.25) is 0 Å². The molecule has 0 bridgehead atoms. The van der Waals surface area contributed by atoms with Crippen LogP contribution in [-0.2, 0) is 9.53 Å². The Balaban J connectivity index is 1.75. The summed E-state index contributed by atoms with van der Waals surface area (Å²) in [5.41, 5.74) is 1.70. The average molecular weight is 433 g/mol. The van der Waals surface area contributed by atoms with Crippen LogP contribution in [0.25, 0.3) is 16.8 Å². The summed E-state index contributed by atoms with van der Waals surface area (Å²) in [5, 5.41) is 2.79. The van der Waals surface area contributed by atoms with Crippen LogP contribution in [0.1, 0.15) is 12.5 Å². The van der Waals surface area contributed by atoms with Gasteiger partial charge in [-0.15, -0.1) is 0 Å². The monoisotopic (exact) mass is 432 g/mol. The molecule has 5 nitrogen and oxygen atoms in total. The zero-order valence-corrected chi connectivity index (χ0v) is 18.4. The lowest BCUT2D eigenvalue weighted by atomic mass is 10.0. The van der Waals surface area contributed by atoms with Crippen LogP contribution in [0.5, 0.6) is 5.75 Å². The predicted octanol–water partition coefficient (Wildman–Crippen LogP) is 5.49. The SMILES string of the molecule is CCOCCN1C(=O)/C(=C\c2c(OC)ccc3ccccc23)SC1=Nc1ccccc1. The van der Waals surface area contributed by atoms with Crippen molar-refractivity contribution in [1.82, 2.24) is 4.90 Å². The topological polar surface area (TPSA) is 51.1 Å². The van der Waals surface area contributed by atoms with Gasteiger partial charge in [-0.1, -0.05) is 48.5 Å².